The van der Waals surface area contributed by atoms with Crippen molar-refractivity contribution in [3.8, 4) is 6.07 Å². The lowest BCUT2D eigenvalue weighted by Gasteiger charge is -2.28. The molecule has 1 fully saturated rings. The van der Waals surface area contributed by atoms with Crippen LogP contribution in [0.5, 0.6) is 0 Å². The van der Waals surface area contributed by atoms with E-state index in [2.05, 4.69) is 5.32 Å². The highest BCUT2D eigenvalue weighted by Crippen LogP contribution is 2.03. The highest BCUT2D eigenvalue weighted by molar-refractivity contribution is 5.81. The molecule has 0 aliphatic carbocycles. The number of hydrogen-bond donors (Lipinski definition) is 1. The number of rotatable bonds is 4. The molecule has 1 aliphatic rings. The van der Waals surface area contributed by atoms with Crippen molar-refractivity contribution < 1.29 is 9.53 Å². The largest absolute Gasteiger partial charge is 0.366 e. The number of hydrogen-bond acceptors (Lipinski definition) is 4. The maximum absolute atomic E-state index is 11.9. The summed E-state index contributed by atoms with van der Waals surface area (Å²) in [4.78, 5) is 13.6. The quantitative estimate of drug-likeness (QED) is 0.695. The molecule has 0 aromatic rings. The maximum Gasteiger partial charge on any atom is 0.253 e. The summed E-state index contributed by atoms with van der Waals surface area (Å²) in [5, 5.41) is 11.6. The van der Waals surface area contributed by atoms with Crippen molar-refractivity contribution in [3.63, 3.8) is 0 Å². The number of carbonyl (C=O) groups is 1. The molecule has 1 aliphatic heterocycles. The van der Waals surface area contributed by atoms with Gasteiger partial charge in [-0.2, -0.15) is 5.26 Å². The third kappa shape index (κ3) is 3.50. The average Bonchev–Trinajstić information content (AvgIpc) is 2.31. The molecule has 0 radical (unpaired) electrons. The highest BCUT2D eigenvalue weighted by atomic mass is 16.5. The van der Waals surface area contributed by atoms with Gasteiger partial charge in [-0.25, -0.2) is 0 Å². The summed E-state index contributed by atoms with van der Waals surface area (Å²) in [5.74, 6) is -0.0139. The summed E-state index contributed by atoms with van der Waals surface area (Å²) < 4.78 is 5.37. The summed E-state index contributed by atoms with van der Waals surface area (Å²) in [6.45, 7) is 4.97. The molecule has 1 atom stereocenters. The van der Waals surface area contributed by atoms with E-state index in [4.69, 9.17) is 10.00 Å². The van der Waals surface area contributed by atoms with Crippen LogP contribution in [0.4, 0.5) is 0 Å². The second kappa shape index (κ2) is 6.38. The molecular formula is C10H17N3O2. The minimum atomic E-state index is -0.377. The zero-order chi connectivity index (χ0) is 11.1. The normalized spacial score (nSPS) is 20.7. The lowest BCUT2D eigenvalue weighted by molar-refractivity contribution is -0.144. The standard InChI is InChI=1S/C10H17N3O2/c1-2-13(6-3-4-11)10(14)9-8-12-5-7-15-9/h9,12H,2-3,5-8H2,1H3. The molecule has 0 spiro atoms. The van der Waals surface area contributed by atoms with Crippen molar-refractivity contribution in [3.05, 3.63) is 0 Å². The minimum absolute atomic E-state index is 0.0139. The summed E-state index contributed by atoms with van der Waals surface area (Å²) in [6.07, 6.45) is -0.00268. The molecule has 0 aromatic carbocycles. The Morgan fingerprint density at radius 1 is 1.73 bits per heavy atom. The number of amides is 1. The summed E-state index contributed by atoms with van der Waals surface area (Å²) in [6, 6.07) is 2.04. The Morgan fingerprint density at radius 2 is 2.53 bits per heavy atom. The molecule has 0 aromatic heterocycles. The molecule has 1 N–H and O–H groups in total. The van der Waals surface area contributed by atoms with Gasteiger partial charge in [0.25, 0.3) is 5.91 Å². The Morgan fingerprint density at radius 3 is 3.07 bits per heavy atom. The van der Waals surface area contributed by atoms with Crippen molar-refractivity contribution in [2.45, 2.75) is 19.4 Å². The lowest BCUT2D eigenvalue weighted by atomic mass is 10.2. The van der Waals surface area contributed by atoms with Crippen molar-refractivity contribution in [1.82, 2.24) is 10.2 Å². The molecule has 15 heavy (non-hydrogen) atoms. The topological polar surface area (TPSA) is 65.4 Å². The monoisotopic (exact) mass is 211 g/mol. The van der Waals surface area contributed by atoms with E-state index in [9.17, 15) is 4.79 Å². The van der Waals surface area contributed by atoms with Crippen LogP contribution in [0.1, 0.15) is 13.3 Å². The van der Waals surface area contributed by atoms with Crippen LogP contribution >= 0.6 is 0 Å². The summed E-state index contributed by atoms with van der Waals surface area (Å²) >= 11 is 0. The van der Waals surface area contributed by atoms with Crippen LogP contribution in [0.15, 0.2) is 0 Å². The van der Waals surface area contributed by atoms with E-state index >= 15 is 0 Å². The fourth-order valence-corrected chi connectivity index (χ4v) is 1.54. The summed E-state index contributed by atoms with van der Waals surface area (Å²) in [5.41, 5.74) is 0. The molecule has 5 heteroatoms. The molecule has 0 bridgehead atoms. The fraction of sp³-hybridized carbons (Fsp3) is 0.800. The van der Waals surface area contributed by atoms with Crippen LogP contribution in [-0.2, 0) is 9.53 Å². The first kappa shape index (κ1) is 12.0. The number of nitriles is 1. The van der Waals surface area contributed by atoms with E-state index < -0.39 is 0 Å². The number of likely N-dealkylation sites (N-methyl/N-ethyl adjacent to an activating group) is 1. The highest BCUT2D eigenvalue weighted by Gasteiger charge is 2.25. The van der Waals surface area contributed by atoms with Crippen LogP contribution in [0.3, 0.4) is 0 Å². The first-order valence-electron chi connectivity index (χ1n) is 5.27. The van der Waals surface area contributed by atoms with Crippen LogP contribution < -0.4 is 5.32 Å². The number of nitrogens with one attached hydrogen (secondary N) is 1. The number of morpholine rings is 1. The smallest absolute Gasteiger partial charge is 0.253 e. The Bertz CT molecular complexity index is 244. The third-order valence-corrected chi connectivity index (χ3v) is 2.39. The van der Waals surface area contributed by atoms with E-state index in [0.29, 0.717) is 32.7 Å². The molecule has 5 nitrogen and oxygen atoms in total. The van der Waals surface area contributed by atoms with Crippen LogP contribution in [0, 0.1) is 11.3 Å². The van der Waals surface area contributed by atoms with Crippen molar-refractivity contribution >= 4 is 5.91 Å². The minimum Gasteiger partial charge on any atom is -0.366 e. The first-order valence-corrected chi connectivity index (χ1v) is 5.27. The Kier molecular flexibility index (Phi) is 5.08. The summed E-state index contributed by atoms with van der Waals surface area (Å²) in [7, 11) is 0. The van der Waals surface area contributed by atoms with Gasteiger partial charge in [-0.05, 0) is 6.92 Å². The third-order valence-electron chi connectivity index (χ3n) is 2.39. The molecule has 1 heterocycles. The molecule has 1 rings (SSSR count). The van der Waals surface area contributed by atoms with Crippen LogP contribution in [0.25, 0.3) is 0 Å². The first-order chi connectivity index (χ1) is 7.29. The van der Waals surface area contributed by atoms with E-state index in [1.807, 2.05) is 13.0 Å². The molecule has 84 valence electrons. The Hall–Kier alpha value is -1.12. The van der Waals surface area contributed by atoms with E-state index in [0.717, 1.165) is 6.54 Å². The van der Waals surface area contributed by atoms with Crippen LogP contribution in [-0.4, -0.2) is 49.7 Å². The van der Waals surface area contributed by atoms with E-state index in [1.54, 1.807) is 4.90 Å². The molecule has 0 saturated carbocycles. The second-order valence-corrected chi connectivity index (χ2v) is 3.39. The SMILES string of the molecule is CCN(CCC#N)C(=O)C1CNCCO1. The predicted octanol–water partition coefficient (Wildman–Crippen LogP) is -0.263. The number of carbonyl (C=O) groups excluding carboxylic acids is 1. The van der Waals surface area contributed by atoms with Gasteiger partial charge < -0.3 is 15.0 Å². The zero-order valence-corrected chi connectivity index (χ0v) is 9.03. The number of nitrogens with zero attached hydrogens (tertiary/aromatic N) is 2. The van der Waals surface area contributed by atoms with Gasteiger partial charge in [0.2, 0.25) is 0 Å². The lowest BCUT2D eigenvalue weighted by Crippen LogP contribution is -2.49. The van der Waals surface area contributed by atoms with Gasteiger partial charge >= 0.3 is 0 Å². The average molecular weight is 211 g/mol. The van der Waals surface area contributed by atoms with Gasteiger partial charge in [-0.3, -0.25) is 4.79 Å². The Balaban J connectivity index is 2.44. The molecule has 1 saturated heterocycles. The van der Waals surface area contributed by atoms with Gasteiger partial charge in [-0.1, -0.05) is 0 Å². The Labute approximate surface area is 90.0 Å². The van der Waals surface area contributed by atoms with Gasteiger partial charge in [0.05, 0.1) is 19.1 Å². The van der Waals surface area contributed by atoms with Crippen molar-refractivity contribution in [1.29, 1.82) is 5.26 Å². The molecular weight excluding hydrogens is 194 g/mol. The van der Waals surface area contributed by atoms with Gasteiger partial charge in [0, 0.05) is 26.2 Å². The zero-order valence-electron chi connectivity index (χ0n) is 9.03. The molecule has 1 unspecified atom stereocenters. The van der Waals surface area contributed by atoms with Gasteiger partial charge in [0.15, 0.2) is 0 Å². The maximum atomic E-state index is 11.9. The fourth-order valence-electron chi connectivity index (χ4n) is 1.54. The van der Waals surface area contributed by atoms with Crippen molar-refractivity contribution in [2.75, 3.05) is 32.8 Å². The van der Waals surface area contributed by atoms with Gasteiger partial charge in [-0.15, -0.1) is 0 Å². The second-order valence-electron chi connectivity index (χ2n) is 3.39. The van der Waals surface area contributed by atoms with E-state index in [-0.39, 0.29) is 12.0 Å². The number of ether oxygens (including phenoxy) is 1. The van der Waals surface area contributed by atoms with Gasteiger partial charge in [0.1, 0.15) is 6.10 Å². The van der Waals surface area contributed by atoms with E-state index in [1.165, 1.54) is 0 Å². The molecule has 1 amide bonds. The van der Waals surface area contributed by atoms with Crippen LogP contribution in [0.2, 0.25) is 0 Å². The predicted molar refractivity (Wildman–Crippen MR) is 55.1 cm³/mol. The van der Waals surface area contributed by atoms with Crippen molar-refractivity contribution in [2.24, 2.45) is 0 Å².